The van der Waals surface area contributed by atoms with Crippen molar-refractivity contribution in [3.05, 3.63) is 89.6 Å². The maximum atomic E-state index is 12.9. The van der Waals surface area contributed by atoms with Crippen LogP contribution in [0.2, 0.25) is 0 Å². The Kier molecular flexibility index (Phi) is 5.77. The number of phenolic OH excluding ortho intramolecular Hbond substituents is 1. The van der Waals surface area contributed by atoms with Crippen molar-refractivity contribution >= 4 is 45.1 Å². The molecule has 0 aliphatic carbocycles. The standard InChI is InChI=1S/C23H19N5O4/c24-15-8-10-16(11-9-15)26-27-21-19-7-2-1-4-14(19)12-20(22(21)29)23(30)25-17-5-3-6-18(13-17)28(31)32/h1-13,28-29,31H,24H2,(H,25,30). The Morgan fingerprint density at radius 2 is 1.72 bits per heavy atom. The number of nitrogens with two attached hydrogens (primary N) is 1. The van der Waals surface area contributed by atoms with E-state index >= 15 is 0 Å². The van der Waals surface area contributed by atoms with Crippen molar-refractivity contribution < 1.29 is 20.3 Å². The van der Waals surface area contributed by atoms with Gasteiger partial charge in [-0.25, -0.2) is 5.21 Å². The number of carbonyl (C=O) groups is 1. The first-order valence-corrected chi connectivity index (χ1v) is 9.59. The topological polar surface area (TPSA) is 148 Å². The van der Waals surface area contributed by atoms with Crippen molar-refractivity contribution in [2.45, 2.75) is 0 Å². The van der Waals surface area contributed by atoms with Crippen LogP contribution >= 0.6 is 0 Å². The molecule has 1 unspecified atom stereocenters. The first-order chi connectivity index (χ1) is 15.4. The fourth-order valence-electron chi connectivity index (χ4n) is 3.17. The molecule has 4 aromatic rings. The quantitative estimate of drug-likeness (QED) is 0.183. The molecule has 4 aromatic carbocycles. The van der Waals surface area contributed by atoms with E-state index < -0.39 is 11.1 Å². The van der Waals surface area contributed by atoms with Crippen molar-refractivity contribution in [2.24, 2.45) is 10.2 Å². The second-order valence-electron chi connectivity index (χ2n) is 6.97. The summed E-state index contributed by atoms with van der Waals surface area (Å²) in [6, 6.07) is 21.3. The van der Waals surface area contributed by atoms with E-state index in [2.05, 4.69) is 15.5 Å². The number of amides is 1. The minimum absolute atomic E-state index is 0.0179. The molecule has 0 aromatic heterocycles. The number of hydrogen-bond acceptors (Lipinski definition) is 7. The third-order valence-corrected chi connectivity index (χ3v) is 4.77. The van der Waals surface area contributed by atoms with Crippen molar-refractivity contribution in [3.8, 4) is 5.75 Å². The van der Waals surface area contributed by atoms with Gasteiger partial charge in [-0.2, -0.15) is 10.3 Å². The van der Waals surface area contributed by atoms with Gasteiger partial charge >= 0.3 is 0 Å². The number of nitrogens with one attached hydrogen (secondary N) is 2. The van der Waals surface area contributed by atoms with Crippen LogP contribution in [0.15, 0.2) is 89.1 Å². The molecule has 9 nitrogen and oxygen atoms in total. The average molecular weight is 429 g/mol. The van der Waals surface area contributed by atoms with Gasteiger partial charge in [-0.3, -0.25) is 4.79 Å². The number of azo groups is 1. The van der Waals surface area contributed by atoms with Crippen LogP contribution in [0.3, 0.4) is 0 Å². The Morgan fingerprint density at radius 1 is 0.969 bits per heavy atom. The van der Waals surface area contributed by atoms with E-state index in [9.17, 15) is 15.1 Å². The van der Waals surface area contributed by atoms with Crippen LogP contribution in [0.25, 0.3) is 10.8 Å². The molecule has 32 heavy (non-hydrogen) atoms. The van der Waals surface area contributed by atoms with Crippen molar-refractivity contribution in [2.75, 3.05) is 11.1 Å². The van der Waals surface area contributed by atoms with Gasteiger partial charge in [-0.05, 0) is 41.8 Å². The molecule has 0 bridgehead atoms. The van der Waals surface area contributed by atoms with Crippen LogP contribution in [0.1, 0.15) is 10.4 Å². The number of phenols is 1. The first-order valence-electron chi connectivity index (χ1n) is 9.59. The first kappa shape index (κ1) is 20.9. The monoisotopic (exact) mass is 429 g/mol. The van der Waals surface area contributed by atoms with Gasteiger partial charge < -0.3 is 21.4 Å². The second-order valence-corrected chi connectivity index (χ2v) is 6.97. The summed E-state index contributed by atoms with van der Waals surface area (Å²) in [7, 11) is 0. The number of aromatic hydroxyl groups is 1. The molecule has 0 spiro atoms. The molecule has 0 fully saturated rings. The molecular formula is C23H19N5O4. The maximum absolute atomic E-state index is 12.9. The number of rotatable bonds is 5. The third-order valence-electron chi connectivity index (χ3n) is 4.77. The van der Waals surface area contributed by atoms with Gasteiger partial charge in [-0.1, -0.05) is 30.3 Å². The number of fused-ring (bicyclic) bond motifs is 1. The van der Waals surface area contributed by atoms with Gasteiger partial charge in [-0.15, -0.1) is 5.11 Å². The Hall–Kier alpha value is -4.31. The average Bonchev–Trinajstić information content (AvgIpc) is 2.79. The molecule has 6 N–H and O–H groups in total. The fraction of sp³-hybridized carbons (Fsp3) is 0. The lowest BCUT2D eigenvalue weighted by molar-refractivity contribution is -0.991. The maximum Gasteiger partial charge on any atom is 0.259 e. The minimum atomic E-state index is -1.11. The van der Waals surface area contributed by atoms with E-state index in [1.807, 2.05) is 0 Å². The summed E-state index contributed by atoms with van der Waals surface area (Å²) in [5.41, 5.74) is 7.24. The predicted octanol–water partition coefficient (Wildman–Crippen LogP) is 4.20. The minimum Gasteiger partial charge on any atom is -0.595 e. The van der Waals surface area contributed by atoms with Crippen molar-refractivity contribution in [3.63, 3.8) is 0 Å². The molecule has 0 saturated heterocycles. The molecule has 1 atom stereocenters. The number of quaternary nitrogens is 1. The van der Waals surface area contributed by atoms with Crippen LogP contribution in [-0.4, -0.2) is 16.2 Å². The van der Waals surface area contributed by atoms with Crippen LogP contribution in [0.4, 0.5) is 28.4 Å². The molecule has 1 amide bonds. The van der Waals surface area contributed by atoms with Gasteiger partial charge in [0, 0.05) is 28.9 Å². The normalized spacial score (nSPS) is 12.2. The smallest absolute Gasteiger partial charge is 0.259 e. The summed E-state index contributed by atoms with van der Waals surface area (Å²) in [6.07, 6.45) is 0. The summed E-state index contributed by atoms with van der Waals surface area (Å²) >= 11 is 0. The molecular weight excluding hydrogens is 410 g/mol. The van der Waals surface area contributed by atoms with Gasteiger partial charge in [0.15, 0.2) is 11.4 Å². The van der Waals surface area contributed by atoms with Crippen molar-refractivity contribution in [1.29, 1.82) is 0 Å². The number of anilines is 2. The SMILES string of the molecule is Nc1ccc(N=Nc2c(O)c(C(=O)Nc3cccc([NH+]([O-])O)c3)cc3ccccc23)cc1. The summed E-state index contributed by atoms with van der Waals surface area (Å²) < 4.78 is 0. The Bertz CT molecular complexity index is 1320. The number of nitrogens with zero attached hydrogens (tertiary/aromatic N) is 2. The highest BCUT2D eigenvalue weighted by molar-refractivity contribution is 6.11. The lowest BCUT2D eigenvalue weighted by Gasteiger charge is -2.14. The molecule has 160 valence electrons. The molecule has 0 saturated carbocycles. The fourth-order valence-corrected chi connectivity index (χ4v) is 3.17. The number of carbonyl (C=O) groups excluding carboxylic acids is 1. The predicted molar refractivity (Wildman–Crippen MR) is 121 cm³/mol. The Balaban J connectivity index is 1.73. The zero-order valence-electron chi connectivity index (χ0n) is 16.7. The van der Waals surface area contributed by atoms with Gasteiger partial charge in [0.2, 0.25) is 0 Å². The van der Waals surface area contributed by atoms with Crippen LogP contribution in [0, 0.1) is 5.21 Å². The highest BCUT2D eigenvalue weighted by atomic mass is 16.8. The molecule has 0 aliphatic heterocycles. The van der Waals surface area contributed by atoms with E-state index in [1.54, 1.807) is 60.7 Å². The zero-order valence-corrected chi connectivity index (χ0v) is 16.7. The van der Waals surface area contributed by atoms with Gasteiger partial charge in [0.1, 0.15) is 5.69 Å². The summed E-state index contributed by atoms with van der Waals surface area (Å²) in [4.78, 5) is 12.9. The lowest BCUT2D eigenvalue weighted by Crippen LogP contribution is -2.99. The Labute approximate surface area is 182 Å². The summed E-state index contributed by atoms with van der Waals surface area (Å²) in [5, 5.41) is 42.4. The lowest BCUT2D eigenvalue weighted by atomic mass is 10.0. The number of benzene rings is 4. The molecule has 4 rings (SSSR count). The summed E-state index contributed by atoms with van der Waals surface area (Å²) in [5.74, 6) is -0.950. The van der Waals surface area contributed by atoms with E-state index in [4.69, 9.17) is 10.9 Å². The number of nitrogen functional groups attached to an aromatic ring is 1. The van der Waals surface area contributed by atoms with Gasteiger partial charge in [0.25, 0.3) is 5.91 Å². The van der Waals surface area contributed by atoms with Crippen LogP contribution < -0.4 is 16.3 Å². The largest absolute Gasteiger partial charge is 0.595 e. The van der Waals surface area contributed by atoms with Crippen LogP contribution in [-0.2, 0) is 0 Å². The van der Waals surface area contributed by atoms with E-state index in [1.165, 1.54) is 18.2 Å². The highest BCUT2D eigenvalue weighted by Crippen LogP contribution is 2.39. The zero-order chi connectivity index (χ0) is 22.7. The molecule has 0 heterocycles. The highest BCUT2D eigenvalue weighted by Gasteiger charge is 2.19. The Morgan fingerprint density at radius 3 is 2.47 bits per heavy atom. The van der Waals surface area contributed by atoms with Gasteiger partial charge in [0.05, 0.1) is 11.3 Å². The molecule has 0 aliphatic rings. The number of hydrogen-bond donors (Lipinski definition) is 5. The van der Waals surface area contributed by atoms with Crippen molar-refractivity contribution in [1.82, 2.24) is 0 Å². The van der Waals surface area contributed by atoms with E-state index in [0.717, 1.165) is 0 Å². The summed E-state index contributed by atoms with van der Waals surface area (Å²) in [6.45, 7) is 0. The second kappa shape index (κ2) is 8.82. The van der Waals surface area contributed by atoms with Crippen LogP contribution in [0.5, 0.6) is 5.75 Å². The molecule has 0 radical (unpaired) electrons. The molecule has 9 heteroatoms. The van der Waals surface area contributed by atoms with E-state index in [0.29, 0.717) is 22.1 Å². The van der Waals surface area contributed by atoms with E-state index in [-0.39, 0.29) is 28.4 Å². The third kappa shape index (κ3) is 4.40.